The summed E-state index contributed by atoms with van der Waals surface area (Å²) in [5.41, 5.74) is 2.73. The lowest BCUT2D eigenvalue weighted by Gasteiger charge is -2.07. The highest BCUT2D eigenvalue weighted by atomic mass is 35.5. The van der Waals surface area contributed by atoms with E-state index in [1.54, 1.807) is 23.6 Å². The zero-order valence-electron chi connectivity index (χ0n) is 12.6. The number of aryl methyl sites for hydroxylation is 1. The lowest BCUT2D eigenvalue weighted by atomic mass is 10.1. The van der Waals surface area contributed by atoms with Gasteiger partial charge in [0.2, 0.25) is 0 Å². The second-order valence-electron chi connectivity index (χ2n) is 5.31. The van der Waals surface area contributed by atoms with Gasteiger partial charge in [0, 0.05) is 16.8 Å². The molecule has 1 amide bonds. The van der Waals surface area contributed by atoms with Gasteiger partial charge in [-0.05, 0) is 59.3 Å². The Hall–Kier alpha value is -2.37. The average Bonchev–Trinajstić information content (AvgIpc) is 3.00. The third kappa shape index (κ3) is 3.58. The molecule has 1 aromatic heterocycles. The van der Waals surface area contributed by atoms with E-state index < -0.39 is 5.82 Å². The number of thiophene rings is 1. The molecule has 2 aromatic carbocycles. The second kappa shape index (κ2) is 6.63. The van der Waals surface area contributed by atoms with E-state index in [0.29, 0.717) is 26.7 Å². The summed E-state index contributed by atoms with van der Waals surface area (Å²) in [5.74, 6) is -0.953. The fourth-order valence-electron chi connectivity index (χ4n) is 2.26. The number of benzene rings is 2. The second-order valence-corrected chi connectivity index (χ2v) is 6.66. The van der Waals surface area contributed by atoms with Crippen LogP contribution in [0.2, 0.25) is 5.02 Å². The maximum absolute atomic E-state index is 13.4. The predicted octanol–water partition coefficient (Wildman–Crippen LogP) is 5.47. The first-order valence-electron chi connectivity index (χ1n) is 7.08. The van der Waals surface area contributed by atoms with Crippen LogP contribution < -0.4 is 5.32 Å². The molecular weight excluding hydrogens is 349 g/mol. The number of rotatable bonds is 3. The molecule has 0 atom stereocenters. The quantitative estimate of drug-likeness (QED) is 0.649. The SMILES string of the molecule is Cc1ccc(Cl)cc1NC(=O)c1cc(-c2cc(O)cc(F)c2)cs1. The van der Waals surface area contributed by atoms with Crippen LogP contribution in [0, 0.1) is 12.7 Å². The van der Waals surface area contributed by atoms with E-state index in [1.807, 2.05) is 13.0 Å². The Balaban J connectivity index is 1.84. The number of phenolic OH excluding ortho intramolecular Hbond substituents is 1. The lowest BCUT2D eigenvalue weighted by Crippen LogP contribution is -2.11. The van der Waals surface area contributed by atoms with Crippen LogP contribution in [-0.2, 0) is 0 Å². The number of phenols is 1. The molecule has 1 heterocycles. The summed E-state index contributed by atoms with van der Waals surface area (Å²) >= 11 is 7.20. The van der Waals surface area contributed by atoms with Gasteiger partial charge >= 0.3 is 0 Å². The minimum atomic E-state index is -0.531. The smallest absolute Gasteiger partial charge is 0.265 e. The van der Waals surface area contributed by atoms with Crippen molar-refractivity contribution in [3.63, 3.8) is 0 Å². The number of amides is 1. The molecular formula is C18H13ClFNO2S. The third-order valence-electron chi connectivity index (χ3n) is 3.49. The molecule has 3 rings (SSSR count). The number of hydrogen-bond acceptors (Lipinski definition) is 3. The van der Waals surface area contributed by atoms with E-state index in [4.69, 9.17) is 11.6 Å². The number of carbonyl (C=O) groups excluding carboxylic acids is 1. The fourth-order valence-corrected chi connectivity index (χ4v) is 3.24. The van der Waals surface area contributed by atoms with Crippen LogP contribution in [0.1, 0.15) is 15.2 Å². The van der Waals surface area contributed by atoms with E-state index >= 15 is 0 Å². The summed E-state index contributed by atoms with van der Waals surface area (Å²) in [6.45, 7) is 1.88. The van der Waals surface area contributed by atoms with Gasteiger partial charge < -0.3 is 10.4 Å². The van der Waals surface area contributed by atoms with Gasteiger partial charge in [0.25, 0.3) is 5.91 Å². The van der Waals surface area contributed by atoms with E-state index in [0.717, 1.165) is 11.6 Å². The lowest BCUT2D eigenvalue weighted by molar-refractivity contribution is 0.103. The Labute approximate surface area is 147 Å². The molecule has 0 aliphatic carbocycles. The third-order valence-corrected chi connectivity index (χ3v) is 4.65. The van der Waals surface area contributed by atoms with Crippen molar-refractivity contribution in [1.29, 1.82) is 0 Å². The molecule has 24 heavy (non-hydrogen) atoms. The molecule has 0 unspecified atom stereocenters. The van der Waals surface area contributed by atoms with Crippen LogP contribution in [-0.4, -0.2) is 11.0 Å². The van der Waals surface area contributed by atoms with E-state index in [9.17, 15) is 14.3 Å². The van der Waals surface area contributed by atoms with Crippen molar-refractivity contribution in [2.75, 3.05) is 5.32 Å². The number of halogens is 2. The molecule has 0 fully saturated rings. The van der Waals surface area contributed by atoms with Crippen LogP contribution in [0.4, 0.5) is 10.1 Å². The molecule has 3 aromatic rings. The molecule has 0 aliphatic rings. The summed E-state index contributed by atoms with van der Waals surface area (Å²) in [5, 5.41) is 14.6. The van der Waals surface area contributed by atoms with Crippen LogP contribution in [0.15, 0.2) is 47.8 Å². The largest absolute Gasteiger partial charge is 0.508 e. The van der Waals surface area contributed by atoms with Crippen molar-refractivity contribution in [3.8, 4) is 16.9 Å². The van der Waals surface area contributed by atoms with Gasteiger partial charge in [0.15, 0.2) is 0 Å². The highest BCUT2D eigenvalue weighted by Crippen LogP contribution is 2.30. The van der Waals surface area contributed by atoms with Crippen molar-refractivity contribution >= 4 is 34.5 Å². The molecule has 122 valence electrons. The van der Waals surface area contributed by atoms with Crippen LogP contribution >= 0.6 is 22.9 Å². The highest BCUT2D eigenvalue weighted by molar-refractivity contribution is 7.12. The summed E-state index contributed by atoms with van der Waals surface area (Å²) in [6, 6.07) is 10.7. The van der Waals surface area contributed by atoms with Crippen LogP contribution in [0.5, 0.6) is 5.75 Å². The Morgan fingerprint density at radius 1 is 1.17 bits per heavy atom. The van der Waals surface area contributed by atoms with Gasteiger partial charge in [-0.15, -0.1) is 11.3 Å². The summed E-state index contributed by atoms with van der Waals surface area (Å²) in [4.78, 5) is 12.9. The van der Waals surface area contributed by atoms with Crippen LogP contribution in [0.3, 0.4) is 0 Å². The normalized spacial score (nSPS) is 10.6. The Morgan fingerprint density at radius 2 is 1.96 bits per heavy atom. The average molecular weight is 362 g/mol. The molecule has 3 nitrogen and oxygen atoms in total. The Morgan fingerprint density at radius 3 is 2.71 bits per heavy atom. The Bertz CT molecular complexity index is 903. The first-order chi connectivity index (χ1) is 11.4. The highest BCUT2D eigenvalue weighted by Gasteiger charge is 2.13. The standard InChI is InChI=1S/C18H13ClFNO2S/c1-10-2-3-13(19)7-16(10)21-18(23)17-6-12(9-24-17)11-4-14(20)8-15(22)5-11/h2-9,22H,1H3,(H,21,23). The number of aromatic hydroxyl groups is 1. The van der Waals surface area contributed by atoms with Crippen molar-refractivity contribution < 1.29 is 14.3 Å². The van der Waals surface area contributed by atoms with Crippen molar-refractivity contribution in [2.45, 2.75) is 6.92 Å². The van der Waals surface area contributed by atoms with Crippen molar-refractivity contribution in [1.82, 2.24) is 0 Å². The first kappa shape index (κ1) is 16.5. The molecule has 0 spiro atoms. The number of hydrogen-bond donors (Lipinski definition) is 2. The molecule has 0 bridgehead atoms. The molecule has 0 aliphatic heterocycles. The number of nitrogens with one attached hydrogen (secondary N) is 1. The summed E-state index contributed by atoms with van der Waals surface area (Å²) in [6.07, 6.45) is 0. The fraction of sp³-hybridized carbons (Fsp3) is 0.0556. The molecule has 6 heteroatoms. The predicted molar refractivity (Wildman–Crippen MR) is 95.5 cm³/mol. The minimum absolute atomic E-state index is 0.156. The maximum atomic E-state index is 13.4. The summed E-state index contributed by atoms with van der Waals surface area (Å²) < 4.78 is 13.4. The Kier molecular flexibility index (Phi) is 4.55. The van der Waals surface area contributed by atoms with Gasteiger partial charge in [-0.3, -0.25) is 4.79 Å². The van der Waals surface area contributed by atoms with Gasteiger partial charge in [0.05, 0.1) is 4.88 Å². The van der Waals surface area contributed by atoms with Gasteiger partial charge in [0.1, 0.15) is 11.6 Å². The molecule has 0 radical (unpaired) electrons. The van der Waals surface area contributed by atoms with E-state index in [-0.39, 0.29) is 11.7 Å². The van der Waals surface area contributed by atoms with E-state index in [1.165, 1.54) is 23.5 Å². The van der Waals surface area contributed by atoms with Crippen molar-refractivity contribution in [3.05, 3.63) is 69.1 Å². The van der Waals surface area contributed by atoms with Gasteiger partial charge in [-0.2, -0.15) is 0 Å². The monoisotopic (exact) mass is 361 g/mol. The minimum Gasteiger partial charge on any atom is -0.508 e. The summed E-state index contributed by atoms with van der Waals surface area (Å²) in [7, 11) is 0. The van der Waals surface area contributed by atoms with Gasteiger partial charge in [-0.25, -0.2) is 4.39 Å². The zero-order chi connectivity index (χ0) is 17.3. The maximum Gasteiger partial charge on any atom is 0.265 e. The number of carbonyl (C=O) groups is 1. The molecule has 2 N–H and O–H groups in total. The van der Waals surface area contributed by atoms with Crippen LogP contribution in [0.25, 0.3) is 11.1 Å². The number of anilines is 1. The first-order valence-corrected chi connectivity index (χ1v) is 8.34. The zero-order valence-corrected chi connectivity index (χ0v) is 14.2. The van der Waals surface area contributed by atoms with Gasteiger partial charge in [-0.1, -0.05) is 17.7 Å². The van der Waals surface area contributed by atoms with E-state index in [2.05, 4.69) is 5.32 Å². The van der Waals surface area contributed by atoms with Crippen molar-refractivity contribution in [2.24, 2.45) is 0 Å². The molecule has 0 saturated carbocycles. The molecule has 0 saturated heterocycles. The topological polar surface area (TPSA) is 49.3 Å².